The van der Waals surface area contributed by atoms with Gasteiger partial charge in [0.1, 0.15) is 35.3 Å². The van der Waals surface area contributed by atoms with Crippen LogP contribution in [0.2, 0.25) is 0 Å². The molecule has 0 aliphatic heterocycles. The quantitative estimate of drug-likeness (QED) is 0.119. The highest BCUT2D eigenvalue weighted by Crippen LogP contribution is 2.20. The van der Waals surface area contributed by atoms with Crippen LogP contribution in [0.3, 0.4) is 0 Å². The Morgan fingerprint density at radius 3 is 2.11 bits per heavy atom. The topological polar surface area (TPSA) is 210 Å². The van der Waals surface area contributed by atoms with Crippen LogP contribution in [0, 0.1) is 20.2 Å². The van der Waals surface area contributed by atoms with Crippen molar-refractivity contribution in [1.29, 1.82) is 0 Å². The number of hydrogen-bond donors (Lipinski definition) is 1. The molecule has 0 saturated heterocycles. The Hall–Kier alpha value is -4.86. The predicted octanol–water partition coefficient (Wildman–Crippen LogP) is 1.55. The fourth-order valence-corrected chi connectivity index (χ4v) is 2.73. The van der Waals surface area contributed by atoms with E-state index in [4.69, 9.17) is 32.2 Å². The third-order valence-corrected chi connectivity index (χ3v) is 4.47. The first-order chi connectivity index (χ1) is 17.5. The Bertz CT molecular complexity index is 1170. The summed E-state index contributed by atoms with van der Waals surface area (Å²) in [5, 5.41) is 18.4. The van der Waals surface area contributed by atoms with Gasteiger partial charge in [0.05, 0.1) is 12.8 Å². The fourth-order valence-electron chi connectivity index (χ4n) is 2.59. The first-order valence-electron chi connectivity index (χ1n) is 10.2. The summed E-state index contributed by atoms with van der Waals surface area (Å²) in [4.78, 5) is 65.8. The molecule has 0 aliphatic rings. The molecule has 2 rings (SSSR count). The van der Waals surface area contributed by atoms with Crippen LogP contribution in [0.1, 0.15) is 28.8 Å². The van der Waals surface area contributed by atoms with E-state index >= 15 is 0 Å². The normalized spacial score (nSPS) is 10.9. The van der Waals surface area contributed by atoms with Gasteiger partial charge in [-0.15, -0.1) is 20.2 Å². The van der Waals surface area contributed by atoms with Gasteiger partial charge in [-0.05, 0) is 36.4 Å². The third-order valence-electron chi connectivity index (χ3n) is 4.24. The average Bonchev–Trinajstić information content (AvgIpc) is 2.84. The summed E-state index contributed by atoms with van der Waals surface area (Å²) < 4.78 is 15.1. The Kier molecular flexibility index (Phi) is 10.6. The van der Waals surface area contributed by atoms with Crippen LogP contribution in [-0.4, -0.2) is 52.4 Å². The predicted molar refractivity (Wildman–Crippen MR) is 124 cm³/mol. The first kappa shape index (κ1) is 28.4. The maximum absolute atomic E-state index is 12.4. The highest BCUT2D eigenvalue weighted by atomic mass is 32.1. The molecule has 0 aliphatic carbocycles. The third kappa shape index (κ3) is 10.1. The Morgan fingerprint density at radius 2 is 1.51 bits per heavy atom. The molecule has 2 aromatic carbocycles. The molecule has 37 heavy (non-hydrogen) atoms. The first-order valence-corrected chi connectivity index (χ1v) is 10.6. The van der Waals surface area contributed by atoms with Crippen LogP contribution in [0.25, 0.3) is 0 Å². The summed E-state index contributed by atoms with van der Waals surface area (Å²) in [5.74, 6) is -2.65. The Morgan fingerprint density at radius 1 is 0.892 bits per heavy atom. The summed E-state index contributed by atoms with van der Waals surface area (Å²) in [6.45, 7) is -1.65. The summed E-state index contributed by atoms with van der Waals surface area (Å²) in [7, 11) is 0. The SMILES string of the molecule is NC(=S)c1ccc(OC(=O)CCC(=O)Oc2ccccc2C(=O)OCC(CO[N+](=O)[O-])O[N+](=O)[O-])cc1. The van der Waals surface area contributed by atoms with Gasteiger partial charge >= 0.3 is 17.9 Å². The highest BCUT2D eigenvalue weighted by molar-refractivity contribution is 7.80. The molecule has 1 unspecified atom stereocenters. The number of carbonyl (C=O) groups excluding carboxylic acids is 3. The molecule has 0 heterocycles. The van der Waals surface area contributed by atoms with Crippen molar-refractivity contribution in [3.8, 4) is 11.5 Å². The van der Waals surface area contributed by atoms with Gasteiger partial charge in [-0.1, -0.05) is 24.4 Å². The number of thiocarbonyl (C=S) groups is 1. The van der Waals surface area contributed by atoms with E-state index in [1.165, 1.54) is 36.4 Å². The van der Waals surface area contributed by atoms with Crippen molar-refractivity contribution in [2.24, 2.45) is 5.73 Å². The smallest absolute Gasteiger partial charge is 0.342 e. The monoisotopic (exact) mass is 537 g/mol. The number of nitrogens with two attached hydrogens (primary N) is 1. The van der Waals surface area contributed by atoms with Crippen LogP contribution >= 0.6 is 12.2 Å². The number of nitrogens with zero attached hydrogens (tertiary/aromatic N) is 2. The van der Waals surface area contributed by atoms with Crippen LogP contribution in [0.5, 0.6) is 11.5 Å². The zero-order valence-corrected chi connectivity index (χ0v) is 19.6. The number of ether oxygens (including phenoxy) is 3. The largest absolute Gasteiger partial charge is 0.460 e. The van der Waals surface area contributed by atoms with Gasteiger partial charge in [0.25, 0.3) is 10.2 Å². The van der Waals surface area contributed by atoms with Crippen LogP contribution in [-0.2, 0) is 24.0 Å². The lowest BCUT2D eigenvalue weighted by Crippen LogP contribution is -2.30. The average molecular weight is 537 g/mol. The molecule has 0 saturated carbocycles. The number of benzene rings is 2. The van der Waals surface area contributed by atoms with Crippen LogP contribution in [0.15, 0.2) is 48.5 Å². The number of rotatable bonds is 14. The summed E-state index contributed by atoms with van der Waals surface area (Å²) in [5.41, 5.74) is 5.85. The van der Waals surface area contributed by atoms with Crippen molar-refractivity contribution in [2.75, 3.05) is 13.2 Å². The van der Waals surface area contributed by atoms with Gasteiger partial charge in [0.15, 0.2) is 6.10 Å². The van der Waals surface area contributed by atoms with Crippen molar-refractivity contribution < 1.29 is 48.4 Å². The van der Waals surface area contributed by atoms with E-state index in [-0.39, 0.29) is 34.9 Å². The molecule has 0 fully saturated rings. The van der Waals surface area contributed by atoms with Crippen molar-refractivity contribution in [3.63, 3.8) is 0 Å². The zero-order valence-electron chi connectivity index (χ0n) is 18.8. The number of esters is 3. The Labute approximate surface area is 213 Å². The van der Waals surface area contributed by atoms with Gasteiger partial charge in [-0.3, -0.25) is 9.59 Å². The number of para-hydroxylation sites is 1. The minimum Gasteiger partial charge on any atom is -0.460 e. The van der Waals surface area contributed by atoms with E-state index in [0.29, 0.717) is 5.56 Å². The minimum atomic E-state index is -1.59. The standard InChI is InChI=1S/C21H19N3O12S/c22-20(37)13-5-7-14(8-6-13)34-18(25)9-10-19(26)35-17-4-2-1-3-16(17)21(27)32-11-15(36-24(30)31)12-33-23(28)29/h1-8,15H,9-12H2,(H2,22,37). The molecular formula is C21H19N3O12S. The molecule has 1 atom stereocenters. The second kappa shape index (κ2) is 13.9. The lowest BCUT2D eigenvalue weighted by atomic mass is 10.2. The molecule has 2 N–H and O–H groups in total. The maximum Gasteiger partial charge on any atom is 0.342 e. The lowest BCUT2D eigenvalue weighted by Gasteiger charge is -2.15. The minimum absolute atomic E-state index is 0.179. The maximum atomic E-state index is 12.4. The van der Waals surface area contributed by atoms with Gasteiger partial charge in [-0.2, -0.15) is 0 Å². The van der Waals surface area contributed by atoms with Gasteiger partial charge < -0.3 is 29.6 Å². The summed E-state index contributed by atoms with van der Waals surface area (Å²) >= 11 is 4.83. The van der Waals surface area contributed by atoms with E-state index in [0.717, 1.165) is 0 Å². The molecule has 2 aromatic rings. The van der Waals surface area contributed by atoms with Crippen molar-refractivity contribution in [1.82, 2.24) is 0 Å². The summed E-state index contributed by atoms with van der Waals surface area (Å²) in [6, 6.07) is 11.5. The lowest BCUT2D eigenvalue weighted by molar-refractivity contribution is -0.790. The fraction of sp³-hybridized carbons (Fsp3) is 0.238. The Balaban J connectivity index is 1.90. The van der Waals surface area contributed by atoms with Crippen LogP contribution in [0.4, 0.5) is 0 Å². The summed E-state index contributed by atoms with van der Waals surface area (Å²) in [6.07, 6.45) is -2.31. The highest BCUT2D eigenvalue weighted by Gasteiger charge is 2.22. The van der Waals surface area contributed by atoms with Crippen LogP contribution < -0.4 is 15.2 Å². The van der Waals surface area contributed by atoms with Crippen molar-refractivity contribution in [3.05, 3.63) is 79.9 Å². The van der Waals surface area contributed by atoms with Gasteiger partial charge in [0.2, 0.25) is 0 Å². The number of hydrogen-bond acceptors (Lipinski definition) is 13. The van der Waals surface area contributed by atoms with E-state index in [1.54, 1.807) is 12.1 Å². The second-order valence-corrected chi connectivity index (χ2v) is 7.34. The molecule has 0 amide bonds. The van der Waals surface area contributed by atoms with Crippen molar-refractivity contribution >= 4 is 35.1 Å². The molecule has 0 bridgehead atoms. The van der Waals surface area contributed by atoms with Gasteiger partial charge in [-0.25, -0.2) is 4.79 Å². The molecule has 0 spiro atoms. The molecular weight excluding hydrogens is 518 g/mol. The molecule has 0 radical (unpaired) electrons. The molecule has 0 aromatic heterocycles. The molecule has 16 heteroatoms. The van der Waals surface area contributed by atoms with Gasteiger partial charge in [0, 0.05) is 5.56 Å². The zero-order chi connectivity index (χ0) is 27.4. The molecule has 15 nitrogen and oxygen atoms in total. The van der Waals surface area contributed by atoms with Crippen molar-refractivity contribution in [2.45, 2.75) is 18.9 Å². The van der Waals surface area contributed by atoms with E-state index in [9.17, 15) is 34.6 Å². The van der Waals surface area contributed by atoms with E-state index < -0.39 is 47.4 Å². The molecule has 196 valence electrons. The second-order valence-electron chi connectivity index (χ2n) is 6.90. The van der Waals surface area contributed by atoms with E-state index in [2.05, 4.69) is 9.68 Å². The van der Waals surface area contributed by atoms with E-state index in [1.807, 2.05) is 0 Å². The number of carbonyl (C=O) groups is 3.